The maximum absolute atomic E-state index is 13.6. The first kappa shape index (κ1) is 25.5. The van der Waals surface area contributed by atoms with Crippen molar-refractivity contribution in [2.24, 2.45) is 17.3 Å². The molecule has 4 fully saturated rings. The number of benzene rings is 1. The second kappa shape index (κ2) is 11.0. The first-order chi connectivity index (χ1) is 16.8. The van der Waals surface area contributed by atoms with Gasteiger partial charge in [-0.05, 0) is 68.8 Å². The molecule has 1 saturated heterocycles. The summed E-state index contributed by atoms with van der Waals surface area (Å²) in [5.74, 6) is 0.543. The summed E-state index contributed by atoms with van der Waals surface area (Å²) in [7, 11) is 0. The molecule has 2 bridgehead atoms. The number of hydrogen-bond acceptors (Lipinski definition) is 6. The minimum atomic E-state index is -1.36. The Morgan fingerprint density at radius 2 is 1.86 bits per heavy atom. The van der Waals surface area contributed by atoms with Crippen molar-refractivity contribution in [1.29, 1.82) is 0 Å². The highest BCUT2D eigenvalue weighted by molar-refractivity contribution is 5.84. The topological polar surface area (TPSA) is 105 Å². The van der Waals surface area contributed by atoms with Crippen LogP contribution in [0.5, 0.6) is 0 Å². The van der Waals surface area contributed by atoms with E-state index in [1.54, 1.807) is 18.7 Å². The van der Waals surface area contributed by atoms with Crippen LogP contribution in [-0.4, -0.2) is 59.5 Å². The fraction of sp³-hybridized carbons (Fsp3) is 0.667. The number of carbonyl (C=O) groups is 3. The van der Waals surface area contributed by atoms with Crippen molar-refractivity contribution < 1.29 is 29.0 Å². The number of amides is 1. The number of fused-ring (bicyclic) bond motifs is 2. The van der Waals surface area contributed by atoms with Gasteiger partial charge in [0.05, 0.1) is 12.6 Å². The highest BCUT2D eigenvalue weighted by Crippen LogP contribution is 2.58. The van der Waals surface area contributed by atoms with E-state index in [2.05, 4.69) is 5.32 Å². The number of likely N-dealkylation sites (tertiary alicyclic amines) is 1. The second-order valence-electron chi connectivity index (χ2n) is 10.5. The van der Waals surface area contributed by atoms with Crippen LogP contribution in [-0.2, 0) is 25.5 Å². The van der Waals surface area contributed by atoms with Gasteiger partial charge in [-0.15, -0.1) is 0 Å². The fourth-order valence-corrected chi connectivity index (χ4v) is 6.66. The minimum Gasteiger partial charge on any atom is -0.465 e. The van der Waals surface area contributed by atoms with Gasteiger partial charge in [-0.1, -0.05) is 43.2 Å². The number of carboxylic acid groups (broad SMARTS) is 1. The van der Waals surface area contributed by atoms with E-state index in [1.165, 1.54) is 12.8 Å². The molecule has 1 aromatic rings. The van der Waals surface area contributed by atoms with Crippen molar-refractivity contribution in [1.82, 2.24) is 10.2 Å². The molecule has 5 rings (SSSR count). The molecular formula is C27H38N2O6. The molecule has 1 heterocycles. The van der Waals surface area contributed by atoms with Crippen LogP contribution in [0.15, 0.2) is 30.3 Å². The third-order valence-corrected chi connectivity index (χ3v) is 8.30. The van der Waals surface area contributed by atoms with Gasteiger partial charge in [0.1, 0.15) is 6.04 Å². The van der Waals surface area contributed by atoms with Crippen molar-refractivity contribution >= 4 is 18.0 Å². The van der Waals surface area contributed by atoms with Gasteiger partial charge in [-0.2, -0.15) is 0 Å². The fourth-order valence-electron chi connectivity index (χ4n) is 6.66. The van der Waals surface area contributed by atoms with Gasteiger partial charge in [0.25, 0.3) is 0 Å². The molecule has 35 heavy (non-hydrogen) atoms. The predicted molar refractivity (Wildman–Crippen MR) is 130 cm³/mol. The van der Waals surface area contributed by atoms with Gasteiger partial charge in [-0.25, -0.2) is 4.79 Å². The number of nitrogens with zero attached hydrogens (tertiary/aromatic N) is 1. The number of carbonyl (C=O) groups excluding carboxylic acids is 2. The molecule has 4 aliphatic rings. The van der Waals surface area contributed by atoms with Crippen molar-refractivity contribution in [3.8, 4) is 0 Å². The summed E-state index contributed by atoms with van der Waals surface area (Å²) in [4.78, 5) is 39.3. The summed E-state index contributed by atoms with van der Waals surface area (Å²) in [6, 6.07) is 8.54. The summed E-state index contributed by atoms with van der Waals surface area (Å²) >= 11 is 0. The van der Waals surface area contributed by atoms with Gasteiger partial charge >= 0.3 is 12.1 Å². The largest absolute Gasteiger partial charge is 0.507 e. The summed E-state index contributed by atoms with van der Waals surface area (Å²) < 4.78 is 10.5. The molecule has 0 unspecified atom stereocenters. The Labute approximate surface area is 207 Å². The van der Waals surface area contributed by atoms with Gasteiger partial charge < -0.3 is 19.5 Å². The second-order valence-corrected chi connectivity index (χ2v) is 10.5. The number of rotatable bonds is 9. The summed E-state index contributed by atoms with van der Waals surface area (Å²) in [6.07, 6.45) is 5.35. The Balaban J connectivity index is 1.45. The van der Waals surface area contributed by atoms with E-state index < -0.39 is 24.5 Å². The Morgan fingerprint density at radius 1 is 1.14 bits per heavy atom. The molecule has 0 aromatic heterocycles. The SMILES string of the molecule is CCOC(=O)[C@@H](CCc1ccccc1)N[C@H](C)C(=O)N1C[C@]2(CC3CCC2CC3)C[C@H]1OC(=O)O. The van der Waals surface area contributed by atoms with Crippen LogP contribution >= 0.6 is 0 Å². The summed E-state index contributed by atoms with van der Waals surface area (Å²) in [6.45, 7) is 4.27. The average Bonchev–Trinajstić information content (AvgIpc) is 3.18. The Kier molecular flexibility index (Phi) is 7.99. The van der Waals surface area contributed by atoms with E-state index in [9.17, 15) is 19.5 Å². The predicted octanol–water partition coefficient (Wildman–Crippen LogP) is 3.98. The molecule has 8 nitrogen and oxygen atoms in total. The molecule has 1 spiro atoms. The zero-order chi connectivity index (χ0) is 25.0. The maximum atomic E-state index is 13.6. The third-order valence-electron chi connectivity index (χ3n) is 8.30. The van der Waals surface area contributed by atoms with Crippen LogP contribution in [0.2, 0.25) is 0 Å². The first-order valence-electron chi connectivity index (χ1n) is 13.0. The molecule has 3 aliphatic carbocycles. The van der Waals surface area contributed by atoms with Crippen LogP contribution in [0.3, 0.4) is 0 Å². The van der Waals surface area contributed by atoms with E-state index in [0.29, 0.717) is 37.6 Å². The molecule has 4 atom stereocenters. The number of esters is 1. The molecule has 1 aromatic carbocycles. The highest BCUT2D eigenvalue weighted by Gasteiger charge is 2.56. The quantitative estimate of drug-likeness (QED) is 0.509. The molecule has 1 aliphatic heterocycles. The lowest BCUT2D eigenvalue weighted by molar-refractivity contribution is -0.147. The van der Waals surface area contributed by atoms with Crippen molar-refractivity contribution in [3.05, 3.63) is 35.9 Å². The lowest BCUT2D eigenvalue weighted by atomic mass is 9.55. The van der Waals surface area contributed by atoms with Crippen LogP contribution in [0.25, 0.3) is 0 Å². The van der Waals surface area contributed by atoms with Crippen LogP contribution in [0, 0.1) is 17.3 Å². The van der Waals surface area contributed by atoms with Crippen molar-refractivity contribution in [2.75, 3.05) is 13.2 Å². The number of hydrogen-bond donors (Lipinski definition) is 2. The van der Waals surface area contributed by atoms with Crippen molar-refractivity contribution in [2.45, 2.75) is 83.5 Å². The van der Waals surface area contributed by atoms with E-state index in [1.807, 2.05) is 30.3 Å². The van der Waals surface area contributed by atoms with E-state index in [-0.39, 0.29) is 23.9 Å². The summed E-state index contributed by atoms with van der Waals surface area (Å²) in [5.41, 5.74) is 1.04. The Morgan fingerprint density at radius 3 is 2.46 bits per heavy atom. The molecular weight excluding hydrogens is 448 g/mol. The molecule has 1 amide bonds. The zero-order valence-corrected chi connectivity index (χ0v) is 20.8. The van der Waals surface area contributed by atoms with E-state index >= 15 is 0 Å². The number of ether oxygens (including phenoxy) is 2. The van der Waals surface area contributed by atoms with Crippen LogP contribution < -0.4 is 5.32 Å². The highest BCUT2D eigenvalue weighted by atomic mass is 16.7. The van der Waals surface area contributed by atoms with Crippen LogP contribution in [0.4, 0.5) is 4.79 Å². The van der Waals surface area contributed by atoms with Crippen molar-refractivity contribution in [3.63, 3.8) is 0 Å². The molecule has 3 saturated carbocycles. The Hall–Kier alpha value is -2.61. The maximum Gasteiger partial charge on any atom is 0.507 e. The lowest BCUT2D eigenvalue weighted by Crippen LogP contribution is -2.53. The molecule has 192 valence electrons. The standard InChI is InChI=1S/C27H38N2O6/c1-3-34-25(31)22(14-11-19-7-5-4-6-8-19)28-18(2)24(30)29-17-27(16-23(29)35-26(32)33)15-20-9-12-21(27)13-10-20/h4-8,18,20-23,28H,3,9-17H2,1-2H3,(H,32,33)/t18-,20?,21?,22-,23-,27+/m1/s1. The molecule has 0 radical (unpaired) electrons. The van der Waals surface area contributed by atoms with E-state index in [4.69, 9.17) is 9.47 Å². The van der Waals surface area contributed by atoms with E-state index in [0.717, 1.165) is 24.8 Å². The third kappa shape index (κ3) is 5.80. The smallest absolute Gasteiger partial charge is 0.465 e. The monoisotopic (exact) mass is 486 g/mol. The van der Waals surface area contributed by atoms with Gasteiger partial charge in [0, 0.05) is 13.0 Å². The van der Waals surface area contributed by atoms with Gasteiger partial charge in [0.2, 0.25) is 5.91 Å². The van der Waals surface area contributed by atoms with Crippen LogP contribution in [0.1, 0.15) is 64.4 Å². The van der Waals surface area contributed by atoms with Gasteiger partial charge in [-0.3, -0.25) is 14.9 Å². The molecule has 8 heteroatoms. The zero-order valence-electron chi connectivity index (χ0n) is 20.8. The number of aryl methyl sites for hydroxylation is 1. The first-order valence-corrected chi connectivity index (χ1v) is 13.0. The Bertz CT molecular complexity index is 900. The number of nitrogens with one attached hydrogen (secondary N) is 1. The minimum absolute atomic E-state index is 0.0650. The normalized spacial score (nSPS) is 29.1. The van der Waals surface area contributed by atoms with Gasteiger partial charge in [0.15, 0.2) is 6.23 Å². The lowest BCUT2D eigenvalue weighted by Gasteiger charge is -2.49. The summed E-state index contributed by atoms with van der Waals surface area (Å²) in [5, 5.41) is 12.5. The molecule has 2 N–H and O–H groups in total. The average molecular weight is 487 g/mol.